The molecule has 3 rings (SSSR count). The maximum atomic E-state index is 10.0. The maximum absolute atomic E-state index is 10.0. The van der Waals surface area contributed by atoms with E-state index in [4.69, 9.17) is 14.0 Å². The summed E-state index contributed by atoms with van der Waals surface area (Å²) in [5.74, 6) is 0.747. The summed E-state index contributed by atoms with van der Waals surface area (Å²) in [7, 11) is 2.86. The van der Waals surface area contributed by atoms with Gasteiger partial charge in [-0.1, -0.05) is 5.16 Å². The van der Waals surface area contributed by atoms with Crippen LogP contribution in [0.15, 0.2) is 34.9 Å². The van der Waals surface area contributed by atoms with Gasteiger partial charge in [0.25, 0.3) is 0 Å². The molecule has 4 N–H and O–H groups in total. The second-order valence-electron chi connectivity index (χ2n) is 6.05. The number of aromatic hydroxyl groups is 1. The van der Waals surface area contributed by atoms with Gasteiger partial charge in [-0.15, -0.1) is 0 Å². The van der Waals surface area contributed by atoms with Crippen molar-refractivity contribution in [3.8, 4) is 39.8 Å². The van der Waals surface area contributed by atoms with Crippen molar-refractivity contribution >= 4 is 0 Å². The Morgan fingerprint density at radius 3 is 1.86 bits per heavy atom. The molecule has 8 nitrogen and oxygen atoms in total. The average molecular weight is 387 g/mol. The number of ether oxygens (including phenoxy) is 2. The van der Waals surface area contributed by atoms with Crippen molar-refractivity contribution in [1.82, 2.24) is 5.16 Å². The summed E-state index contributed by atoms with van der Waals surface area (Å²) in [6, 6.07) is 8.24. The molecular weight excluding hydrogens is 366 g/mol. The number of aliphatic hydroxyl groups is 3. The quantitative estimate of drug-likeness (QED) is 0.486. The van der Waals surface area contributed by atoms with E-state index >= 15 is 0 Å². The van der Waals surface area contributed by atoms with Gasteiger partial charge in [-0.3, -0.25) is 0 Å². The Balaban J connectivity index is 2.06. The zero-order chi connectivity index (χ0) is 20.3. The van der Waals surface area contributed by atoms with Gasteiger partial charge in [0, 0.05) is 17.2 Å². The van der Waals surface area contributed by atoms with Crippen LogP contribution in [0.2, 0.25) is 0 Å². The lowest BCUT2D eigenvalue weighted by Gasteiger charge is -2.12. The normalized spacial score (nSPS) is 10.9. The highest BCUT2D eigenvalue weighted by atomic mass is 16.5. The Kier molecular flexibility index (Phi) is 5.84. The van der Waals surface area contributed by atoms with Crippen molar-refractivity contribution in [2.75, 3.05) is 14.2 Å². The van der Waals surface area contributed by atoms with Crippen molar-refractivity contribution < 1.29 is 34.4 Å². The van der Waals surface area contributed by atoms with Gasteiger partial charge < -0.3 is 34.4 Å². The predicted octanol–water partition coefficient (Wildman–Crippen LogP) is 2.21. The Bertz CT molecular complexity index is 930. The molecule has 1 heterocycles. The van der Waals surface area contributed by atoms with Gasteiger partial charge in [-0.05, 0) is 41.0 Å². The maximum Gasteiger partial charge on any atom is 0.200 e. The van der Waals surface area contributed by atoms with Gasteiger partial charge >= 0.3 is 0 Å². The lowest BCUT2D eigenvalue weighted by Crippen LogP contribution is -2.01. The number of hydrogen-bond acceptors (Lipinski definition) is 8. The van der Waals surface area contributed by atoms with E-state index < -0.39 is 0 Å². The highest BCUT2D eigenvalue weighted by Crippen LogP contribution is 2.41. The molecule has 0 spiro atoms. The van der Waals surface area contributed by atoms with Gasteiger partial charge in [-0.2, -0.15) is 0 Å². The number of nitrogens with zero attached hydrogens (tertiary/aromatic N) is 1. The van der Waals surface area contributed by atoms with Crippen LogP contribution in [0.5, 0.6) is 17.2 Å². The van der Waals surface area contributed by atoms with Gasteiger partial charge in [0.1, 0.15) is 5.69 Å². The van der Waals surface area contributed by atoms with Crippen LogP contribution < -0.4 is 9.47 Å². The molecule has 2 aromatic carbocycles. The Labute approximate surface area is 161 Å². The van der Waals surface area contributed by atoms with Gasteiger partial charge in [0.15, 0.2) is 17.3 Å². The van der Waals surface area contributed by atoms with Gasteiger partial charge in [-0.25, -0.2) is 0 Å². The van der Waals surface area contributed by atoms with Crippen molar-refractivity contribution in [1.29, 1.82) is 0 Å². The highest BCUT2D eigenvalue weighted by molar-refractivity contribution is 5.72. The number of methoxy groups -OCH3 is 2. The summed E-state index contributed by atoms with van der Waals surface area (Å²) in [6.07, 6.45) is 0. The fourth-order valence-electron chi connectivity index (χ4n) is 3.01. The van der Waals surface area contributed by atoms with E-state index in [2.05, 4.69) is 5.16 Å². The van der Waals surface area contributed by atoms with Crippen LogP contribution >= 0.6 is 0 Å². The molecule has 8 heteroatoms. The molecule has 0 unspecified atom stereocenters. The number of phenols is 1. The molecular formula is C20H21NO7. The zero-order valence-electron chi connectivity index (χ0n) is 15.5. The minimum absolute atomic E-state index is 0.117. The third-order valence-corrected chi connectivity index (χ3v) is 4.50. The molecule has 0 fully saturated rings. The number of benzene rings is 2. The summed E-state index contributed by atoms with van der Waals surface area (Å²) in [6.45, 7) is -0.856. The van der Waals surface area contributed by atoms with Crippen LogP contribution in [0.25, 0.3) is 22.6 Å². The van der Waals surface area contributed by atoms with Crippen LogP contribution in [-0.4, -0.2) is 39.8 Å². The van der Waals surface area contributed by atoms with Crippen molar-refractivity contribution in [3.63, 3.8) is 0 Å². The third-order valence-electron chi connectivity index (χ3n) is 4.50. The first-order chi connectivity index (χ1) is 13.6. The first-order valence-electron chi connectivity index (χ1n) is 8.45. The van der Waals surface area contributed by atoms with E-state index in [9.17, 15) is 20.4 Å². The first kappa shape index (κ1) is 19.7. The minimum atomic E-state index is -0.288. The fraction of sp³-hybridized carbons (Fsp3) is 0.250. The SMILES string of the molecule is COc1cc(-c2cc(-c3cc(CO)c(CO)c(CO)c3)no2)cc(OC)c1O. The fourth-order valence-corrected chi connectivity index (χ4v) is 3.01. The lowest BCUT2D eigenvalue weighted by molar-refractivity contribution is 0.248. The standard InChI is InChI=1S/C20H21NO7/c1-26-18-5-12(6-19(27-2)20(18)25)17-7-16(21-28-17)11-3-13(8-22)15(10-24)14(4-11)9-23/h3-7,22-25H,8-10H2,1-2H3. The number of rotatable bonds is 7. The second-order valence-corrected chi connectivity index (χ2v) is 6.05. The van der Waals surface area contributed by atoms with Crippen molar-refractivity contribution in [2.24, 2.45) is 0 Å². The highest BCUT2D eigenvalue weighted by Gasteiger charge is 2.17. The lowest BCUT2D eigenvalue weighted by atomic mass is 9.97. The van der Waals surface area contributed by atoms with Crippen LogP contribution in [0.1, 0.15) is 16.7 Å². The molecule has 3 aromatic rings. The Hall–Kier alpha value is -3.07. The molecule has 0 atom stereocenters. The molecule has 0 aliphatic carbocycles. The number of hydrogen-bond donors (Lipinski definition) is 4. The van der Waals surface area contributed by atoms with Crippen LogP contribution in [0, 0.1) is 0 Å². The molecule has 0 aliphatic heterocycles. The van der Waals surface area contributed by atoms with E-state index in [-0.39, 0.29) is 37.1 Å². The predicted molar refractivity (Wildman–Crippen MR) is 99.9 cm³/mol. The topological polar surface area (TPSA) is 125 Å². The van der Waals surface area contributed by atoms with Crippen LogP contribution in [0.3, 0.4) is 0 Å². The summed E-state index contributed by atoms with van der Waals surface area (Å²) >= 11 is 0. The van der Waals surface area contributed by atoms with Crippen molar-refractivity contribution in [3.05, 3.63) is 47.0 Å². The molecule has 0 saturated carbocycles. The molecule has 0 aliphatic rings. The molecule has 0 saturated heterocycles. The minimum Gasteiger partial charge on any atom is -0.502 e. The van der Waals surface area contributed by atoms with E-state index in [1.165, 1.54) is 14.2 Å². The van der Waals surface area contributed by atoms with Crippen LogP contribution in [0.4, 0.5) is 0 Å². The molecule has 0 amide bonds. The van der Waals surface area contributed by atoms with E-state index in [1.807, 2.05) is 0 Å². The summed E-state index contributed by atoms with van der Waals surface area (Å²) in [5.41, 5.74) is 3.18. The molecule has 0 bridgehead atoms. The smallest absolute Gasteiger partial charge is 0.200 e. The van der Waals surface area contributed by atoms with Crippen LogP contribution in [-0.2, 0) is 19.8 Å². The van der Waals surface area contributed by atoms with Crippen molar-refractivity contribution in [2.45, 2.75) is 19.8 Å². The Morgan fingerprint density at radius 1 is 0.821 bits per heavy atom. The number of aromatic nitrogens is 1. The largest absolute Gasteiger partial charge is 0.502 e. The van der Waals surface area contributed by atoms with E-state index in [0.29, 0.717) is 39.3 Å². The summed E-state index contributed by atoms with van der Waals surface area (Å²) in [4.78, 5) is 0. The molecule has 148 valence electrons. The summed E-state index contributed by atoms with van der Waals surface area (Å²) < 4.78 is 15.7. The monoisotopic (exact) mass is 387 g/mol. The zero-order valence-corrected chi connectivity index (χ0v) is 15.5. The molecule has 0 radical (unpaired) electrons. The summed E-state index contributed by atoms with van der Waals surface area (Å²) in [5, 5.41) is 42.8. The van der Waals surface area contributed by atoms with Gasteiger partial charge in [0.2, 0.25) is 5.75 Å². The number of phenolic OH excluding ortho intramolecular Hbond substituents is 1. The third kappa shape index (κ3) is 3.53. The number of aliphatic hydroxyl groups excluding tert-OH is 3. The average Bonchev–Trinajstić information content (AvgIpc) is 3.23. The van der Waals surface area contributed by atoms with E-state index in [0.717, 1.165) is 0 Å². The van der Waals surface area contributed by atoms with E-state index in [1.54, 1.807) is 30.3 Å². The first-order valence-corrected chi connectivity index (χ1v) is 8.45. The Morgan fingerprint density at radius 2 is 1.39 bits per heavy atom. The second kappa shape index (κ2) is 8.30. The molecule has 28 heavy (non-hydrogen) atoms. The molecule has 1 aromatic heterocycles. The van der Waals surface area contributed by atoms with Gasteiger partial charge in [0.05, 0.1) is 34.0 Å².